The normalized spacial score (nSPS) is 13.4. The summed E-state index contributed by atoms with van der Waals surface area (Å²) in [6, 6.07) is 9.50. The highest BCUT2D eigenvalue weighted by Crippen LogP contribution is 2.21. The summed E-state index contributed by atoms with van der Waals surface area (Å²) >= 11 is 0. The van der Waals surface area contributed by atoms with Gasteiger partial charge in [0.2, 0.25) is 5.91 Å². The number of nitrogens with zero attached hydrogens (tertiary/aromatic N) is 1. The highest BCUT2D eigenvalue weighted by atomic mass is 35.5. The number of hydrogen-bond acceptors (Lipinski definition) is 3. The number of amides is 1. The number of carbonyl (C=O) groups excluding carboxylic acids is 1. The second kappa shape index (κ2) is 10.6. The fraction of sp³-hybridized carbons (Fsp3) is 0.588. The highest BCUT2D eigenvalue weighted by molar-refractivity contribution is 5.85. The van der Waals surface area contributed by atoms with E-state index in [0.717, 1.165) is 12.1 Å². The number of rotatable bonds is 8. The predicted octanol–water partition coefficient (Wildman–Crippen LogP) is 2.88. The Balaban J connectivity index is 0.00000441. The molecule has 0 bridgehead atoms. The average Bonchev–Trinajstić information content (AvgIpc) is 2.49. The second-order valence-corrected chi connectivity index (χ2v) is 5.90. The van der Waals surface area contributed by atoms with Crippen LogP contribution in [0.4, 0.5) is 0 Å². The molecule has 0 saturated carbocycles. The van der Waals surface area contributed by atoms with Gasteiger partial charge in [0.15, 0.2) is 0 Å². The Labute approximate surface area is 140 Å². The lowest BCUT2D eigenvalue weighted by Gasteiger charge is -2.29. The van der Waals surface area contributed by atoms with E-state index in [1.54, 1.807) is 7.11 Å². The van der Waals surface area contributed by atoms with Gasteiger partial charge in [-0.05, 0) is 11.5 Å². The Kier molecular flexibility index (Phi) is 10.1. The smallest absolute Gasteiger partial charge is 0.227 e. The Morgan fingerprint density at radius 2 is 1.82 bits per heavy atom. The van der Waals surface area contributed by atoms with E-state index < -0.39 is 0 Å². The van der Waals surface area contributed by atoms with Crippen molar-refractivity contribution in [3.63, 3.8) is 0 Å². The predicted molar refractivity (Wildman–Crippen MR) is 93.1 cm³/mol. The molecule has 2 N–H and O–H groups in total. The van der Waals surface area contributed by atoms with Gasteiger partial charge in [0.1, 0.15) is 0 Å². The van der Waals surface area contributed by atoms with E-state index in [4.69, 9.17) is 10.5 Å². The van der Waals surface area contributed by atoms with Crippen LogP contribution in [-0.2, 0) is 9.53 Å². The maximum atomic E-state index is 12.7. The standard InChI is InChI=1S/C17H28N2O2.ClH/c1-13(2)12-19(10-11-21-4)17(20)14(3)16(18)15-8-6-5-7-9-15;/h5-9,13-14,16H,10-12,18H2,1-4H3;1H. The van der Waals surface area contributed by atoms with Crippen LogP contribution in [0.25, 0.3) is 0 Å². The molecular formula is C17H29ClN2O2. The van der Waals surface area contributed by atoms with Gasteiger partial charge >= 0.3 is 0 Å². The summed E-state index contributed by atoms with van der Waals surface area (Å²) in [6.07, 6.45) is 0. The van der Waals surface area contributed by atoms with Crippen LogP contribution in [0.5, 0.6) is 0 Å². The molecule has 0 aliphatic heterocycles. The molecule has 1 amide bonds. The summed E-state index contributed by atoms with van der Waals surface area (Å²) < 4.78 is 5.10. The van der Waals surface area contributed by atoms with Crippen molar-refractivity contribution in [2.75, 3.05) is 26.8 Å². The molecule has 2 unspecified atom stereocenters. The van der Waals surface area contributed by atoms with Gasteiger partial charge in [0.25, 0.3) is 0 Å². The van der Waals surface area contributed by atoms with E-state index in [1.807, 2.05) is 42.2 Å². The van der Waals surface area contributed by atoms with Crippen molar-refractivity contribution in [1.29, 1.82) is 0 Å². The molecule has 0 aliphatic rings. The van der Waals surface area contributed by atoms with Gasteiger partial charge in [0, 0.05) is 26.2 Å². The van der Waals surface area contributed by atoms with Crippen molar-refractivity contribution in [2.24, 2.45) is 17.6 Å². The van der Waals surface area contributed by atoms with Crippen molar-refractivity contribution in [2.45, 2.75) is 26.8 Å². The van der Waals surface area contributed by atoms with Crippen molar-refractivity contribution >= 4 is 18.3 Å². The van der Waals surface area contributed by atoms with Crippen LogP contribution in [0.1, 0.15) is 32.4 Å². The molecule has 0 heterocycles. The number of carbonyl (C=O) groups is 1. The van der Waals surface area contributed by atoms with E-state index in [2.05, 4.69) is 13.8 Å². The Hall–Kier alpha value is -1.10. The Morgan fingerprint density at radius 1 is 1.23 bits per heavy atom. The van der Waals surface area contributed by atoms with E-state index >= 15 is 0 Å². The van der Waals surface area contributed by atoms with E-state index in [1.165, 1.54) is 0 Å². The summed E-state index contributed by atoms with van der Waals surface area (Å²) in [5, 5.41) is 0. The molecular weight excluding hydrogens is 300 g/mol. The minimum Gasteiger partial charge on any atom is -0.383 e. The first-order valence-corrected chi connectivity index (χ1v) is 7.55. The van der Waals surface area contributed by atoms with Gasteiger partial charge in [-0.2, -0.15) is 0 Å². The fourth-order valence-corrected chi connectivity index (χ4v) is 2.34. The number of benzene rings is 1. The van der Waals surface area contributed by atoms with Gasteiger partial charge in [-0.25, -0.2) is 0 Å². The topological polar surface area (TPSA) is 55.6 Å². The molecule has 0 aromatic heterocycles. The lowest BCUT2D eigenvalue weighted by Crippen LogP contribution is -2.42. The number of halogens is 1. The summed E-state index contributed by atoms with van der Waals surface area (Å²) in [5.74, 6) is 0.270. The highest BCUT2D eigenvalue weighted by Gasteiger charge is 2.26. The molecule has 22 heavy (non-hydrogen) atoms. The zero-order chi connectivity index (χ0) is 15.8. The van der Waals surface area contributed by atoms with Crippen molar-refractivity contribution in [3.05, 3.63) is 35.9 Å². The number of nitrogens with two attached hydrogens (primary N) is 1. The maximum Gasteiger partial charge on any atom is 0.227 e. The minimum absolute atomic E-state index is 0. The molecule has 0 saturated heterocycles. The third kappa shape index (κ3) is 6.34. The van der Waals surface area contributed by atoms with Crippen LogP contribution in [0.3, 0.4) is 0 Å². The number of hydrogen-bond donors (Lipinski definition) is 1. The van der Waals surface area contributed by atoms with Crippen LogP contribution in [-0.4, -0.2) is 37.6 Å². The van der Waals surface area contributed by atoms with Crippen LogP contribution < -0.4 is 5.73 Å². The van der Waals surface area contributed by atoms with Gasteiger partial charge in [-0.3, -0.25) is 4.79 Å². The lowest BCUT2D eigenvalue weighted by atomic mass is 9.94. The average molecular weight is 329 g/mol. The van der Waals surface area contributed by atoms with Gasteiger partial charge in [-0.15, -0.1) is 12.4 Å². The monoisotopic (exact) mass is 328 g/mol. The minimum atomic E-state index is -0.282. The largest absolute Gasteiger partial charge is 0.383 e. The molecule has 2 atom stereocenters. The first-order chi connectivity index (χ1) is 9.97. The van der Waals surface area contributed by atoms with Gasteiger partial charge in [0.05, 0.1) is 12.5 Å². The molecule has 0 spiro atoms. The van der Waals surface area contributed by atoms with Crippen LogP contribution in [0.2, 0.25) is 0 Å². The van der Waals surface area contributed by atoms with Crippen LogP contribution >= 0.6 is 12.4 Å². The molecule has 0 aliphatic carbocycles. The van der Waals surface area contributed by atoms with Crippen LogP contribution in [0.15, 0.2) is 30.3 Å². The third-order valence-corrected chi connectivity index (χ3v) is 3.58. The molecule has 126 valence electrons. The second-order valence-electron chi connectivity index (χ2n) is 5.90. The molecule has 1 rings (SSSR count). The SMILES string of the molecule is COCCN(CC(C)C)C(=O)C(C)C(N)c1ccccc1.Cl. The van der Waals surface area contributed by atoms with Gasteiger partial charge in [-0.1, -0.05) is 51.1 Å². The third-order valence-electron chi connectivity index (χ3n) is 3.58. The molecule has 0 radical (unpaired) electrons. The first-order valence-electron chi connectivity index (χ1n) is 7.55. The van der Waals surface area contributed by atoms with E-state index in [9.17, 15) is 4.79 Å². The molecule has 1 aromatic rings. The zero-order valence-corrected chi connectivity index (χ0v) is 14.8. The van der Waals surface area contributed by atoms with E-state index in [0.29, 0.717) is 19.1 Å². The molecule has 1 aromatic carbocycles. The summed E-state index contributed by atoms with van der Waals surface area (Å²) in [5.41, 5.74) is 7.25. The summed E-state index contributed by atoms with van der Waals surface area (Å²) in [7, 11) is 1.65. The van der Waals surface area contributed by atoms with E-state index in [-0.39, 0.29) is 30.3 Å². The number of methoxy groups -OCH3 is 1. The summed E-state index contributed by atoms with van der Waals surface area (Å²) in [6.45, 7) is 8.00. The van der Waals surface area contributed by atoms with Gasteiger partial charge < -0.3 is 15.4 Å². The Morgan fingerprint density at radius 3 is 2.32 bits per heavy atom. The zero-order valence-electron chi connectivity index (χ0n) is 14.0. The maximum absolute atomic E-state index is 12.7. The van der Waals surface area contributed by atoms with Crippen molar-refractivity contribution < 1.29 is 9.53 Å². The fourth-order valence-electron chi connectivity index (χ4n) is 2.34. The molecule has 4 nitrogen and oxygen atoms in total. The lowest BCUT2D eigenvalue weighted by molar-refractivity contribution is -0.136. The van der Waals surface area contributed by atoms with Crippen molar-refractivity contribution in [3.8, 4) is 0 Å². The summed E-state index contributed by atoms with van der Waals surface area (Å²) in [4.78, 5) is 14.6. The Bertz CT molecular complexity index is 426. The van der Waals surface area contributed by atoms with Crippen molar-refractivity contribution in [1.82, 2.24) is 4.90 Å². The quantitative estimate of drug-likeness (QED) is 0.798. The molecule has 5 heteroatoms. The van der Waals surface area contributed by atoms with Crippen LogP contribution in [0, 0.1) is 11.8 Å². The first kappa shape index (κ1) is 20.9. The number of ether oxygens (including phenoxy) is 1. The molecule has 0 fully saturated rings.